The van der Waals surface area contributed by atoms with Gasteiger partial charge in [0.05, 0.1) is 19.8 Å². The molecule has 0 bridgehead atoms. The zero-order valence-corrected chi connectivity index (χ0v) is 11.9. The van der Waals surface area contributed by atoms with Crippen molar-refractivity contribution < 1.29 is 19.4 Å². The van der Waals surface area contributed by atoms with Crippen molar-refractivity contribution in [3.63, 3.8) is 0 Å². The van der Waals surface area contributed by atoms with Crippen molar-refractivity contribution in [3.05, 3.63) is 0 Å². The summed E-state index contributed by atoms with van der Waals surface area (Å²) in [7, 11) is 1.71. The first-order chi connectivity index (χ1) is 8.37. The Bertz CT molecular complexity index is 229. The quantitative estimate of drug-likeness (QED) is 0.622. The minimum absolute atomic E-state index is 0.0430. The number of likely N-dealkylation sites (N-methyl/N-ethyl adjacent to an activating group) is 1. The maximum Gasteiger partial charge on any atom is 0.410 e. The molecule has 0 rings (SSSR count). The Morgan fingerprint density at radius 2 is 1.94 bits per heavy atom. The summed E-state index contributed by atoms with van der Waals surface area (Å²) in [6, 6.07) is 0. The van der Waals surface area contributed by atoms with Crippen LogP contribution < -0.4 is 5.32 Å². The van der Waals surface area contributed by atoms with Crippen LogP contribution in [0.3, 0.4) is 0 Å². The van der Waals surface area contributed by atoms with Crippen molar-refractivity contribution in [3.8, 4) is 0 Å². The van der Waals surface area contributed by atoms with Gasteiger partial charge in [0.1, 0.15) is 5.60 Å². The second-order valence-electron chi connectivity index (χ2n) is 4.99. The van der Waals surface area contributed by atoms with Gasteiger partial charge >= 0.3 is 6.09 Å². The van der Waals surface area contributed by atoms with Crippen LogP contribution in [0.25, 0.3) is 0 Å². The summed E-state index contributed by atoms with van der Waals surface area (Å²) in [5.41, 5.74) is -0.461. The number of carbonyl (C=O) groups excluding carboxylic acids is 1. The molecule has 0 fully saturated rings. The normalized spacial score (nSPS) is 11.4. The number of hydrogen-bond acceptors (Lipinski definition) is 5. The minimum atomic E-state index is -0.461. The maximum absolute atomic E-state index is 11.6. The molecule has 0 saturated carbocycles. The first-order valence-corrected chi connectivity index (χ1v) is 6.20. The molecule has 0 spiro atoms. The fraction of sp³-hybridized carbons (Fsp3) is 0.917. The summed E-state index contributed by atoms with van der Waals surface area (Å²) >= 11 is 0. The summed E-state index contributed by atoms with van der Waals surface area (Å²) in [6.45, 7) is 8.44. The minimum Gasteiger partial charge on any atom is -0.444 e. The van der Waals surface area contributed by atoms with Crippen LogP contribution in [0, 0.1) is 0 Å². The molecule has 0 heterocycles. The summed E-state index contributed by atoms with van der Waals surface area (Å²) in [4.78, 5) is 13.1. The van der Waals surface area contributed by atoms with E-state index in [0.717, 1.165) is 0 Å². The van der Waals surface area contributed by atoms with Gasteiger partial charge in [0.2, 0.25) is 0 Å². The van der Waals surface area contributed by atoms with Gasteiger partial charge < -0.3 is 24.8 Å². The van der Waals surface area contributed by atoms with E-state index in [9.17, 15) is 4.79 Å². The molecule has 108 valence electrons. The number of amides is 1. The van der Waals surface area contributed by atoms with Gasteiger partial charge in [-0.2, -0.15) is 0 Å². The molecule has 6 heteroatoms. The third-order valence-corrected chi connectivity index (χ3v) is 1.99. The fourth-order valence-corrected chi connectivity index (χ4v) is 1.11. The number of aliphatic hydroxyl groups is 1. The first kappa shape index (κ1) is 17.2. The highest BCUT2D eigenvalue weighted by Gasteiger charge is 2.18. The number of nitrogens with one attached hydrogen (secondary N) is 1. The largest absolute Gasteiger partial charge is 0.444 e. The highest BCUT2D eigenvalue weighted by atomic mass is 16.6. The molecule has 6 nitrogen and oxygen atoms in total. The van der Waals surface area contributed by atoms with E-state index >= 15 is 0 Å². The molecule has 0 aliphatic heterocycles. The first-order valence-electron chi connectivity index (χ1n) is 6.20. The summed E-state index contributed by atoms with van der Waals surface area (Å²) in [5.74, 6) is 0. The topological polar surface area (TPSA) is 71.0 Å². The van der Waals surface area contributed by atoms with Crippen LogP contribution in [-0.4, -0.2) is 68.2 Å². The van der Waals surface area contributed by atoms with Crippen molar-refractivity contribution in [1.29, 1.82) is 0 Å². The third-order valence-electron chi connectivity index (χ3n) is 1.99. The van der Waals surface area contributed by atoms with Gasteiger partial charge in [0, 0.05) is 26.7 Å². The predicted octanol–water partition coefficient (Wildman–Crippen LogP) is 0.452. The van der Waals surface area contributed by atoms with Crippen LogP contribution >= 0.6 is 0 Å². The van der Waals surface area contributed by atoms with Crippen molar-refractivity contribution in [2.75, 3.05) is 46.5 Å². The second kappa shape index (κ2) is 9.13. The number of hydrogen-bond donors (Lipinski definition) is 2. The fourth-order valence-electron chi connectivity index (χ4n) is 1.11. The Balaban J connectivity index is 3.52. The van der Waals surface area contributed by atoms with Crippen molar-refractivity contribution in [1.82, 2.24) is 10.2 Å². The van der Waals surface area contributed by atoms with Crippen molar-refractivity contribution >= 4 is 6.09 Å². The molecule has 0 radical (unpaired) electrons. The summed E-state index contributed by atoms with van der Waals surface area (Å²) < 4.78 is 10.3. The zero-order chi connectivity index (χ0) is 14.0. The molecule has 1 amide bonds. The number of rotatable bonds is 8. The van der Waals surface area contributed by atoms with E-state index in [1.165, 1.54) is 4.90 Å². The molecular formula is C12H26N2O4. The molecule has 0 aliphatic carbocycles. The average molecular weight is 262 g/mol. The molecule has 0 aromatic heterocycles. The van der Waals surface area contributed by atoms with Gasteiger partial charge in [-0.15, -0.1) is 0 Å². The van der Waals surface area contributed by atoms with Gasteiger partial charge in [0.15, 0.2) is 0 Å². The summed E-state index contributed by atoms with van der Waals surface area (Å²) in [5, 5.41) is 11.6. The van der Waals surface area contributed by atoms with Crippen LogP contribution in [0.4, 0.5) is 4.79 Å². The van der Waals surface area contributed by atoms with Crippen LogP contribution in [0.5, 0.6) is 0 Å². The van der Waals surface area contributed by atoms with E-state index in [-0.39, 0.29) is 12.7 Å². The van der Waals surface area contributed by atoms with Crippen LogP contribution in [0.1, 0.15) is 20.8 Å². The lowest BCUT2D eigenvalue weighted by Crippen LogP contribution is -2.38. The zero-order valence-electron chi connectivity index (χ0n) is 11.9. The molecule has 0 unspecified atom stereocenters. The Kier molecular flexibility index (Phi) is 8.70. The highest BCUT2D eigenvalue weighted by Crippen LogP contribution is 2.08. The van der Waals surface area contributed by atoms with Crippen molar-refractivity contribution in [2.24, 2.45) is 0 Å². The highest BCUT2D eigenvalue weighted by molar-refractivity contribution is 5.67. The molecule has 18 heavy (non-hydrogen) atoms. The maximum atomic E-state index is 11.6. The molecule has 2 N–H and O–H groups in total. The molecule has 0 atom stereocenters. The van der Waals surface area contributed by atoms with Gasteiger partial charge in [-0.1, -0.05) is 0 Å². The van der Waals surface area contributed by atoms with Gasteiger partial charge in [-0.3, -0.25) is 0 Å². The molecule has 0 aliphatic rings. The third kappa shape index (κ3) is 10.3. The molecule has 0 saturated heterocycles. The van der Waals surface area contributed by atoms with Gasteiger partial charge in [-0.25, -0.2) is 4.79 Å². The van der Waals surface area contributed by atoms with E-state index in [1.807, 2.05) is 20.8 Å². The van der Waals surface area contributed by atoms with E-state index in [4.69, 9.17) is 14.6 Å². The Labute approximate surface area is 109 Å². The van der Waals surface area contributed by atoms with Gasteiger partial charge in [-0.05, 0) is 20.8 Å². The summed E-state index contributed by atoms with van der Waals surface area (Å²) in [6.07, 6.45) is -0.319. The van der Waals surface area contributed by atoms with E-state index in [0.29, 0.717) is 32.8 Å². The monoisotopic (exact) mass is 262 g/mol. The lowest BCUT2D eigenvalue weighted by Gasteiger charge is -2.24. The SMILES string of the molecule is CN(CCNCCOCCO)C(=O)OC(C)(C)C. The lowest BCUT2D eigenvalue weighted by atomic mass is 10.2. The van der Waals surface area contributed by atoms with E-state index in [1.54, 1.807) is 7.05 Å². The second-order valence-corrected chi connectivity index (χ2v) is 4.99. The smallest absolute Gasteiger partial charge is 0.410 e. The lowest BCUT2D eigenvalue weighted by molar-refractivity contribution is 0.0299. The van der Waals surface area contributed by atoms with E-state index < -0.39 is 5.60 Å². The van der Waals surface area contributed by atoms with Crippen LogP contribution in [0.2, 0.25) is 0 Å². The molecule has 0 aromatic carbocycles. The molecule has 0 aromatic rings. The standard InChI is InChI=1S/C12H26N2O4/c1-12(2,3)18-11(16)14(4)7-5-13-6-9-17-10-8-15/h13,15H,5-10H2,1-4H3. The number of aliphatic hydroxyl groups excluding tert-OH is 1. The van der Waals surface area contributed by atoms with Crippen LogP contribution in [0.15, 0.2) is 0 Å². The number of carbonyl (C=O) groups is 1. The van der Waals surface area contributed by atoms with Crippen molar-refractivity contribution in [2.45, 2.75) is 26.4 Å². The van der Waals surface area contributed by atoms with Crippen LogP contribution in [-0.2, 0) is 9.47 Å². The van der Waals surface area contributed by atoms with E-state index in [2.05, 4.69) is 5.32 Å². The average Bonchev–Trinajstić information content (AvgIpc) is 2.25. The predicted molar refractivity (Wildman–Crippen MR) is 69.6 cm³/mol. The molecular weight excluding hydrogens is 236 g/mol. The Morgan fingerprint density at radius 3 is 2.50 bits per heavy atom. The Morgan fingerprint density at radius 1 is 1.28 bits per heavy atom. The number of ether oxygens (including phenoxy) is 2. The van der Waals surface area contributed by atoms with Gasteiger partial charge in [0.25, 0.3) is 0 Å². The number of nitrogens with zero attached hydrogens (tertiary/aromatic N) is 1. The Hall–Kier alpha value is -0.850.